The van der Waals surface area contributed by atoms with Crippen LogP contribution in [0.2, 0.25) is 0 Å². The van der Waals surface area contributed by atoms with Gasteiger partial charge < -0.3 is 10.2 Å². The number of nitrogens with one attached hydrogen (secondary N) is 1. The number of benzene rings is 1. The summed E-state index contributed by atoms with van der Waals surface area (Å²) < 4.78 is 13.3. The van der Waals surface area contributed by atoms with Crippen molar-refractivity contribution in [3.63, 3.8) is 0 Å². The zero-order valence-corrected chi connectivity index (χ0v) is 12.8. The van der Waals surface area contributed by atoms with Crippen LogP contribution in [0, 0.1) is 5.82 Å². The van der Waals surface area contributed by atoms with Crippen molar-refractivity contribution in [1.29, 1.82) is 0 Å². The Morgan fingerprint density at radius 3 is 2.32 bits per heavy atom. The van der Waals surface area contributed by atoms with Crippen LogP contribution in [0.15, 0.2) is 24.3 Å². The third-order valence-corrected chi connectivity index (χ3v) is 4.44. The van der Waals surface area contributed by atoms with Crippen molar-refractivity contribution in [2.45, 2.75) is 44.7 Å². The summed E-state index contributed by atoms with van der Waals surface area (Å²) in [6.07, 6.45) is 2.97. The molecule has 0 fully saturated rings. The molecule has 0 aliphatic rings. The Labute approximate surface area is 117 Å². The molecule has 1 aromatic carbocycles. The zero-order valence-electron chi connectivity index (χ0n) is 12.8. The molecule has 0 aromatic heterocycles. The summed E-state index contributed by atoms with van der Waals surface area (Å²) in [4.78, 5) is 2.30. The fourth-order valence-electron chi connectivity index (χ4n) is 3.15. The standard InChI is InChI=1S/C16H27FN2/c1-6-16(7-2,19(4)5)15(18-3)12-13-9-8-10-14(17)11-13/h8-11,15,18H,6-7,12H2,1-5H3. The van der Waals surface area contributed by atoms with Crippen molar-refractivity contribution in [1.82, 2.24) is 10.2 Å². The highest BCUT2D eigenvalue weighted by atomic mass is 19.1. The van der Waals surface area contributed by atoms with Crippen molar-refractivity contribution in [2.75, 3.05) is 21.1 Å². The Bertz CT molecular complexity index is 386. The van der Waals surface area contributed by atoms with Crippen LogP contribution in [0.1, 0.15) is 32.3 Å². The van der Waals surface area contributed by atoms with E-state index in [1.54, 1.807) is 12.1 Å². The maximum atomic E-state index is 13.3. The van der Waals surface area contributed by atoms with Gasteiger partial charge in [-0.1, -0.05) is 26.0 Å². The van der Waals surface area contributed by atoms with Gasteiger partial charge in [0.1, 0.15) is 5.82 Å². The van der Waals surface area contributed by atoms with Crippen LogP contribution >= 0.6 is 0 Å². The number of rotatable bonds is 7. The molecule has 2 nitrogen and oxygen atoms in total. The van der Waals surface area contributed by atoms with Gasteiger partial charge in [0.15, 0.2) is 0 Å². The molecule has 0 aliphatic heterocycles. The Hall–Kier alpha value is -0.930. The fraction of sp³-hybridized carbons (Fsp3) is 0.625. The van der Waals surface area contributed by atoms with Gasteiger partial charge in [-0.2, -0.15) is 0 Å². The van der Waals surface area contributed by atoms with Gasteiger partial charge in [-0.25, -0.2) is 4.39 Å². The van der Waals surface area contributed by atoms with Gasteiger partial charge in [-0.15, -0.1) is 0 Å². The minimum absolute atomic E-state index is 0.0983. The van der Waals surface area contributed by atoms with Gasteiger partial charge >= 0.3 is 0 Å². The average Bonchev–Trinajstić information content (AvgIpc) is 2.39. The Balaban J connectivity index is 2.98. The van der Waals surface area contributed by atoms with Crippen molar-refractivity contribution in [3.05, 3.63) is 35.6 Å². The minimum Gasteiger partial charge on any atom is -0.315 e. The van der Waals surface area contributed by atoms with Crippen molar-refractivity contribution >= 4 is 0 Å². The predicted octanol–water partition coefficient (Wildman–Crippen LogP) is 3.08. The highest BCUT2D eigenvalue weighted by Crippen LogP contribution is 2.28. The molecule has 0 saturated carbocycles. The van der Waals surface area contributed by atoms with E-state index >= 15 is 0 Å². The smallest absolute Gasteiger partial charge is 0.123 e. The number of likely N-dealkylation sites (N-methyl/N-ethyl adjacent to an activating group) is 2. The lowest BCUT2D eigenvalue weighted by molar-refractivity contribution is 0.0917. The largest absolute Gasteiger partial charge is 0.315 e. The Morgan fingerprint density at radius 2 is 1.89 bits per heavy atom. The number of hydrogen-bond acceptors (Lipinski definition) is 2. The van der Waals surface area contributed by atoms with Crippen LogP contribution in [0.3, 0.4) is 0 Å². The second kappa shape index (κ2) is 7.01. The van der Waals surface area contributed by atoms with Gasteiger partial charge in [0.05, 0.1) is 0 Å². The molecule has 0 radical (unpaired) electrons. The molecule has 1 atom stereocenters. The van der Waals surface area contributed by atoms with E-state index in [0.717, 1.165) is 24.8 Å². The molecule has 108 valence electrons. The third-order valence-electron chi connectivity index (χ3n) is 4.44. The minimum atomic E-state index is -0.157. The van der Waals surface area contributed by atoms with Crippen LogP contribution in [-0.2, 0) is 6.42 Å². The first-order valence-corrected chi connectivity index (χ1v) is 7.09. The molecule has 1 rings (SSSR count). The van der Waals surface area contributed by atoms with Crippen molar-refractivity contribution in [3.8, 4) is 0 Å². The zero-order chi connectivity index (χ0) is 14.5. The van der Waals surface area contributed by atoms with E-state index in [9.17, 15) is 4.39 Å². The Morgan fingerprint density at radius 1 is 1.26 bits per heavy atom. The Kier molecular flexibility index (Phi) is 5.95. The first-order chi connectivity index (χ1) is 9.00. The molecule has 1 aromatic rings. The third kappa shape index (κ3) is 3.54. The second-order valence-electron chi connectivity index (χ2n) is 5.38. The predicted molar refractivity (Wildman–Crippen MR) is 80.0 cm³/mol. The molecule has 3 heteroatoms. The highest BCUT2D eigenvalue weighted by molar-refractivity contribution is 5.19. The van der Waals surface area contributed by atoms with E-state index in [2.05, 4.69) is 38.2 Å². The SMILES string of the molecule is CCC(CC)(C(Cc1cccc(F)c1)NC)N(C)C. The van der Waals surface area contributed by atoms with E-state index in [1.807, 2.05) is 13.1 Å². The van der Waals surface area contributed by atoms with E-state index in [0.29, 0.717) is 6.04 Å². The van der Waals surface area contributed by atoms with E-state index in [-0.39, 0.29) is 11.4 Å². The lowest BCUT2D eigenvalue weighted by Crippen LogP contribution is -2.58. The fourth-order valence-corrected chi connectivity index (χ4v) is 3.15. The van der Waals surface area contributed by atoms with Gasteiger partial charge in [0.2, 0.25) is 0 Å². The summed E-state index contributed by atoms with van der Waals surface area (Å²) in [6.45, 7) is 4.44. The summed E-state index contributed by atoms with van der Waals surface area (Å²) >= 11 is 0. The monoisotopic (exact) mass is 266 g/mol. The quantitative estimate of drug-likeness (QED) is 0.816. The summed E-state index contributed by atoms with van der Waals surface area (Å²) in [7, 11) is 6.25. The molecule has 0 heterocycles. The van der Waals surface area contributed by atoms with Gasteiger partial charge in [0.25, 0.3) is 0 Å². The van der Waals surface area contributed by atoms with E-state index < -0.39 is 0 Å². The topological polar surface area (TPSA) is 15.3 Å². The maximum Gasteiger partial charge on any atom is 0.123 e. The molecule has 0 aliphatic carbocycles. The summed E-state index contributed by atoms with van der Waals surface area (Å²) in [5.74, 6) is -0.157. The first-order valence-electron chi connectivity index (χ1n) is 7.09. The molecule has 19 heavy (non-hydrogen) atoms. The van der Waals surface area contributed by atoms with Crippen molar-refractivity contribution in [2.24, 2.45) is 0 Å². The van der Waals surface area contributed by atoms with E-state index in [1.165, 1.54) is 6.07 Å². The van der Waals surface area contributed by atoms with Gasteiger partial charge in [-0.3, -0.25) is 0 Å². The van der Waals surface area contributed by atoms with Crippen LogP contribution in [0.25, 0.3) is 0 Å². The van der Waals surface area contributed by atoms with Gasteiger partial charge in [-0.05, 0) is 58.1 Å². The molecular weight excluding hydrogens is 239 g/mol. The second-order valence-corrected chi connectivity index (χ2v) is 5.38. The molecule has 0 amide bonds. The first kappa shape index (κ1) is 16.1. The van der Waals surface area contributed by atoms with Gasteiger partial charge in [0, 0.05) is 11.6 Å². The number of nitrogens with zero attached hydrogens (tertiary/aromatic N) is 1. The van der Waals surface area contributed by atoms with Crippen LogP contribution < -0.4 is 5.32 Å². The molecule has 0 bridgehead atoms. The van der Waals surface area contributed by atoms with Crippen LogP contribution in [-0.4, -0.2) is 37.6 Å². The molecule has 0 saturated heterocycles. The molecule has 1 N–H and O–H groups in total. The molecule has 1 unspecified atom stereocenters. The summed E-state index contributed by atoms with van der Waals surface area (Å²) in [5.41, 5.74) is 1.15. The summed E-state index contributed by atoms with van der Waals surface area (Å²) in [5, 5.41) is 3.43. The van der Waals surface area contributed by atoms with E-state index in [4.69, 9.17) is 0 Å². The normalized spacial score (nSPS) is 13.8. The average molecular weight is 266 g/mol. The van der Waals surface area contributed by atoms with Crippen LogP contribution in [0.4, 0.5) is 4.39 Å². The number of hydrogen-bond donors (Lipinski definition) is 1. The maximum absolute atomic E-state index is 13.3. The lowest BCUT2D eigenvalue weighted by Gasteiger charge is -2.45. The number of halogens is 1. The summed E-state index contributed by atoms with van der Waals surface area (Å²) in [6, 6.07) is 7.22. The van der Waals surface area contributed by atoms with Crippen molar-refractivity contribution < 1.29 is 4.39 Å². The molecular formula is C16H27FN2. The molecule has 0 spiro atoms. The van der Waals surface area contributed by atoms with Crippen LogP contribution in [0.5, 0.6) is 0 Å². The highest BCUT2D eigenvalue weighted by Gasteiger charge is 2.36. The lowest BCUT2D eigenvalue weighted by atomic mass is 9.80.